The van der Waals surface area contributed by atoms with Gasteiger partial charge in [0, 0.05) is 18.3 Å². The van der Waals surface area contributed by atoms with Crippen LogP contribution in [-0.2, 0) is 4.79 Å². The van der Waals surface area contributed by atoms with Gasteiger partial charge in [-0.05, 0) is 20.3 Å². The Morgan fingerprint density at radius 2 is 2.20 bits per heavy atom. The molecule has 1 aliphatic heterocycles. The quantitative estimate of drug-likeness (QED) is 0.766. The molecule has 2 unspecified atom stereocenters. The van der Waals surface area contributed by atoms with Crippen molar-refractivity contribution in [2.75, 3.05) is 12.3 Å². The highest BCUT2D eigenvalue weighted by atomic mass is 32.2. The number of carboxylic acid groups (broad SMARTS) is 1. The van der Waals surface area contributed by atoms with E-state index in [2.05, 4.69) is 6.58 Å². The number of amides is 2. The largest absolute Gasteiger partial charge is 0.480 e. The highest BCUT2D eigenvalue weighted by Gasteiger charge is 2.42. The molecular formula is C14H24N2O3S. The molecule has 0 spiro atoms. The number of carbonyl (C=O) groups is 2. The van der Waals surface area contributed by atoms with E-state index in [1.54, 1.807) is 27.6 Å². The van der Waals surface area contributed by atoms with E-state index in [-0.39, 0.29) is 17.4 Å². The summed E-state index contributed by atoms with van der Waals surface area (Å²) in [6, 6.07) is -0.909. The van der Waals surface area contributed by atoms with Crippen LogP contribution in [0.2, 0.25) is 0 Å². The van der Waals surface area contributed by atoms with Crippen molar-refractivity contribution in [3.63, 3.8) is 0 Å². The number of hydrogen-bond donors (Lipinski definition) is 1. The maximum absolute atomic E-state index is 12.7. The topological polar surface area (TPSA) is 60.9 Å². The van der Waals surface area contributed by atoms with Crippen molar-refractivity contribution in [2.24, 2.45) is 0 Å². The molecular weight excluding hydrogens is 276 g/mol. The summed E-state index contributed by atoms with van der Waals surface area (Å²) < 4.78 is 0. The van der Waals surface area contributed by atoms with Gasteiger partial charge in [-0.15, -0.1) is 18.3 Å². The molecule has 1 N–H and O–H groups in total. The number of aliphatic carboxylic acids is 1. The minimum atomic E-state index is -0.924. The van der Waals surface area contributed by atoms with Gasteiger partial charge >= 0.3 is 12.0 Å². The number of urea groups is 1. The number of hydrogen-bond acceptors (Lipinski definition) is 3. The molecule has 0 aliphatic carbocycles. The zero-order valence-electron chi connectivity index (χ0n) is 12.4. The van der Waals surface area contributed by atoms with Crippen LogP contribution < -0.4 is 0 Å². The lowest BCUT2D eigenvalue weighted by molar-refractivity contribution is -0.141. The molecule has 2 atom stereocenters. The van der Waals surface area contributed by atoms with Gasteiger partial charge in [-0.1, -0.05) is 19.4 Å². The van der Waals surface area contributed by atoms with Crippen LogP contribution >= 0.6 is 11.8 Å². The number of carboxylic acids is 1. The molecule has 0 aromatic heterocycles. The van der Waals surface area contributed by atoms with E-state index in [9.17, 15) is 14.7 Å². The van der Waals surface area contributed by atoms with Gasteiger partial charge in [0.15, 0.2) is 0 Å². The van der Waals surface area contributed by atoms with E-state index in [1.165, 1.54) is 0 Å². The lowest BCUT2D eigenvalue weighted by Crippen LogP contribution is -2.53. The summed E-state index contributed by atoms with van der Waals surface area (Å²) in [5.41, 5.74) is 0. The number of carbonyl (C=O) groups excluding carboxylic acids is 1. The van der Waals surface area contributed by atoms with Crippen LogP contribution in [0.5, 0.6) is 0 Å². The normalized spacial score (nSPS) is 22.1. The zero-order chi connectivity index (χ0) is 15.3. The molecule has 1 saturated heterocycles. The van der Waals surface area contributed by atoms with Crippen molar-refractivity contribution in [1.29, 1.82) is 0 Å². The Bertz CT molecular complexity index is 373. The standard InChI is InChI=1S/C14H24N2O3S/c1-5-7-12-16(11(9-20-12)13(17)18)14(19)15(8-6-2)10(3)4/h6,10-12H,2,5,7-9H2,1,3-4H3,(H,17,18). The average Bonchev–Trinajstić information content (AvgIpc) is 2.79. The number of rotatable bonds is 6. The molecule has 2 amide bonds. The minimum Gasteiger partial charge on any atom is -0.480 e. The Labute approximate surface area is 125 Å². The molecule has 114 valence electrons. The van der Waals surface area contributed by atoms with E-state index in [1.807, 2.05) is 20.8 Å². The van der Waals surface area contributed by atoms with Gasteiger partial charge in [0.1, 0.15) is 6.04 Å². The third-order valence-corrected chi connectivity index (χ3v) is 4.68. The fourth-order valence-electron chi connectivity index (χ4n) is 2.28. The van der Waals surface area contributed by atoms with Gasteiger partial charge in [0.2, 0.25) is 0 Å². The first-order chi connectivity index (χ1) is 9.43. The average molecular weight is 300 g/mol. The molecule has 6 heteroatoms. The second-order valence-electron chi connectivity index (χ2n) is 5.16. The van der Waals surface area contributed by atoms with E-state index < -0.39 is 12.0 Å². The Kier molecular flexibility index (Phi) is 6.39. The van der Waals surface area contributed by atoms with Crippen LogP contribution in [0.3, 0.4) is 0 Å². The lowest BCUT2D eigenvalue weighted by atomic mass is 10.2. The van der Waals surface area contributed by atoms with Crippen molar-refractivity contribution in [2.45, 2.75) is 51.1 Å². The molecule has 0 radical (unpaired) electrons. The Morgan fingerprint density at radius 3 is 2.65 bits per heavy atom. The molecule has 5 nitrogen and oxygen atoms in total. The summed E-state index contributed by atoms with van der Waals surface area (Å²) in [6.07, 6.45) is 3.42. The molecule has 0 aromatic carbocycles. The van der Waals surface area contributed by atoms with Crippen molar-refractivity contribution in [3.8, 4) is 0 Å². The second kappa shape index (κ2) is 7.57. The van der Waals surface area contributed by atoms with Crippen molar-refractivity contribution >= 4 is 23.8 Å². The van der Waals surface area contributed by atoms with Crippen molar-refractivity contribution < 1.29 is 14.7 Å². The van der Waals surface area contributed by atoms with Crippen LogP contribution in [0.1, 0.15) is 33.6 Å². The van der Waals surface area contributed by atoms with Crippen LogP contribution in [0.4, 0.5) is 4.79 Å². The van der Waals surface area contributed by atoms with E-state index >= 15 is 0 Å². The zero-order valence-corrected chi connectivity index (χ0v) is 13.2. The number of thioether (sulfide) groups is 1. The van der Waals surface area contributed by atoms with E-state index in [4.69, 9.17) is 0 Å². The minimum absolute atomic E-state index is 0.0165. The SMILES string of the molecule is C=CCN(C(=O)N1C(CCC)SCC1C(=O)O)C(C)C. The maximum Gasteiger partial charge on any atom is 0.327 e. The summed E-state index contributed by atoms with van der Waals surface area (Å²) in [7, 11) is 0. The predicted octanol–water partition coefficient (Wildman–Crippen LogP) is 2.63. The van der Waals surface area contributed by atoms with Crippen molar-refractivity contribution in [3.05, 3.63) is 12.7 Å². The van der Waals surface area contributed by atoms with Crippen LogP contribution in [0, 0.1) is 0 Å². The summed E-state index contributed by atoms with van der Waals surface area (Å²) in [4.78, 5) is 27.3. The smallest absolute Gasteiger partial charge is 0.327 e. The Balaban J connectivity index is 2.97. The first-order valence-electron chi connectivity index (χ1n) is 6.98. The molecule has 1 fully saturated rings. The van der Waals surface area contributed by atoms with Gasteiger partial charge in [0.05, 0.1) is 5.37 Å². The van der Waals surface area contributed by atoms with Crippen LogP contribution in [0.25, 0.3) is 0 Å². The highest BCUT2D eigenvalue weighted by Crippen LogP contribution is 2.33. The Morgan fingerprint density at radius 1 is 1.55 bits per heavy atom. The van der Waals surface area contributed by atoms with Gasteiger partial charge in [-0.2, -0.15) is 0 Å². The van der Waals surface area contributed by atoms with Crippen molar-refractivity contribution in [1.82, 2.24) is 9.80 Å². The van der Waals surface area contributed by atoms with Gasteiger partial charge < -0.3 is 10.0 Å². The molecule has 0 bridgehead atoms. The molecule has 1 heterocycles. The summed E-state index contributed by atoms with van der Waals surface area (Å²) in [5.74, 6) is -0.460. The molecule has 0 saturated carbocycles. The third-order valence-electron chi connectivity index (χ3n) is 3.33. The fourth-order valence-corrected chi connectivity index (χ4v) is 3.78. The van der Waals surface area contributed by atoms with Crippen LogP contribution in [0.15, 0.2) is 12.7 Å². The highest BCUT2D eigenvalue weighted by molar-refractivity contribution is 8.00. The summed E-state index contributed by atoms with van der Waals surface area (Å²) in [5, 5.41) is 9.28. The molecule has 0 aromatic rings. The summed E-state index contributed by atoms with van der Waals surface area (Å²) in [6.45, 7) is 10.00. The fraction of sp³-hybridized carbons (Fsp3) is 0.714. The lowest BCUT2D eigenvalue weighted by Gasteiger charge is -2.35. The van der Waals surface area contributed by atoms with Gasteiger partial charge in [0.25, 0.3) is 0 Å². The number of nitrogens with zero attached hydrogens (tertiary/aromatic N) is 2. The maximum atomic E-state index is 12.7. The third kappa shape index (κ3) is 3.69. The van der Waals surface area contributed by atoms with E-state index in [0.717, 1.165) is 12.8 Å². The first kappa shape index (κ1) is 16.9. The summed E-state index contributed by atoms with van der Waals surface area (Å²) >= 11 is 1.56. The van der Waals surface area contributed by atoms with Gasteiger partial charge in [-0.25, -0.2) is 9.59 Å². The molecule has 1 aliphatic rings. The Hall–Kier alpha value is -1.17. The molecule has 20 heavy (non-hydrogen) atoms. The predicted molar refractivity (Wildman–Crippen MR) is 81.9 cm³/mol. The monoisotopic (exact) mass is 300 g/mol. The van der Waals surface area contributed by atoms with E-state index in [0.29, 0.717) is 12.3 Å². The van der Waals surface area contributed by atoms with Gasteiger partial charge in [-0.3, -0.25) is 4.90 Å². The first-order valence-corrected chi connectivity index (χ1v) is 8.03. The molecule has 1 rings (SSSR count). The second-order valence-corrected chi connectivity index (χ2v) is 6.37. The van der Waals surface area contributed by atoms with Crippen LogP contribution in [-0.4, -0.2) is 56.7 Å².